The third-order valence-electron chi connectivity index (χ3n) is 6.16. The molecule has 2 aromatic heterocycles. The Bertz CT molecular complexity index is 1480. The van der Waals surface area contributed by atoms with E-state index in [9.17, 15) is 22.8 Å². The Morgan fingerprint density at radius 3 is 2.63 bits per heavy atom. The molecule has 0 unspecified atom stereocenters. The number of nitrogens with one attached hydrogen (secondary N) is 3. The number of hydrogen-bond acceptors (Lipinski definition) is 4. The maximum atomic E-state index is 12.4. The van der Waals surface area contributed by atoms with Gasteiger partial charge in [0.05, 0.1) is 18.4 Å². The lowest BCUT2D eigenvalue weighted by atomic mass is 10.0. The molecule has 38 heavy (non-hydrogen) atoms. The fraction of sp³-hybridized carbons (Fsp3) is 0.222. The van der Waals surface area contributed by atoms with Gasteiger partial charge in [0.25, 0.3) is 0 Å². The van der Waals surface area contributed by atoms with Crippen molar-refractivity contribution in [2.75, 3.05) is 31.5 Å². The molecule has 3 heterocycles. The van der Waals surface area contributed by atoms with E-state index in [1.165, 1.54) is 0 Å². The van der Waals surface area contributed by atoms with E-state index in [0.717, 1.165) is 40.1 Å². The number of imidazole rings is 1. The topological polar surface area (TPSA) is 90.8 Å². The number of amides is 3. The Hall–Kier alpha value is -4.38. The molecule has 3 amide bonds. The van der Waals surface area contributed by atoms with Crippen molar-refractivity contribution in [1.29, 1.82) is 0 Å². The van der Waals surface area contributed by atoms with Crippen molar-refractivity contribution in [3.8, 4) is 22.4 Å². The van der Waals surface area contributed by atoms with Crippen molar-refractivity contribution in [2.45, 2.75) is 12.7 Å². The fourth-order valence-electron chi connectivity index (χ4n) is 4.42. The van der Waals surface area contributed by atoms with E-state index in [1.807, 2.05) is 47.0 Å². The van der Waals surface area contributed by atoms with Crippen LogP contribution in [0.25, 0.3) is 28.0 Å². The van der Waals surface area contributed by atoms with Crippen molar-refractivity contribution in [3.05, 3.63) is 78.6 Å². The smallest absolute Gasteiger partial charge is 0.354 e. The number of anilines is 1. The molecular formula is C27H25F3N6O2. The third kappa shape index (κ3) is 6.12. The number of carbonyl (C=O) groups excluding carboxylic acids is 2. The highest BCUT2D eigenvalue weighted by Gasteiger charge is 2.27. The predicted molar refractivity (Wildman–Crippen MR) is 137 cm³/mol. The van der Waals surface area contributed by atoms with Crippen LogP contribution in [-0.2, 0) is 11.3 Å². The molecule has 11 heteroatoms. The number of fused-ring (bicyclic) bond motifs is 1. The number of piperazine rings is 1. The minimum atomic E-state index is -4.48. The summed E-state index contributed by atoms with van der Waals surface area (Å²) in [5, 5.41) is 7.06. The lowest BCUT2D eigenvalue weighted by Gasteiger charge is -2.26. The number of alkyl halides is 3. The summed E-state index contributed by atoms with van der Waals surface area (Å²) in [6, 6.07) is 18.0. The van der Waals surface area contributed by atoms with E-state index in [-0.39, 0.29) is 5.91 Å². The van der Waals surface area contributed by atoms with Crippen LogP contribution in [0, 0.1) is 0 Å². The second-order valence-electron chi connectivity index (χ2n) is 9.05. The van der Waals surface area contributed by atoms with Crippen molar-refractivity contribution in [2.24, 2.45) is 0 Å². The first kappa shape index (κ1) is 25.3. The van der Waals surface area contributed by atoms with E-state index < -0.39 is 18.8 Å². The Balaban J connectivity index is 1.33. The largest absolute Gasteiger partial charge is 0.405 e. The van der Waals surface area contributed by atoms with Crippen LogP contribution in [0.15, 0.2) is 73.1 Å². The van der Waals surface area contributed by atoms with Gasteiger partial charge in [0, 0.05) is 37.1 Å². The Kier molecular flexibility index (Phi) is 7.01. The Morgan fingerprint density at radius 1 is 1.03 bits per heavy atom. The first-order chi connectivity index (χ1) is 18.2. The van der Waals surface area contributed by atoms with Crippen LogP contribution in [0.3, 0.4) is 0 Å². The van der Waals surface area contributed by atoms with Crippen molar-refractivity contribution < 1.29 is 22.8 Å². The number of halogens is 3. The molecule has 1 saturated heterocycles. The van der Waals surface area contributed by atoms with Gasteiger partial charge >= 0.3 is 12.2 Å². The summed E-state index contributed by atoms with van der Waals surface area (Å²) < 4.78 is 39.0. The molecule has 0 spiro atoms. The molecule has 196 valence electrons. The molecule has 8 nitrogen and oxygen atoms in total. The fourth-order valence-corrected chi connectivity index (χ4v) is 4.42. The molecule has 1 aliphatic heterocycles. The second-order valence-corrected chi connectivity index (χ2v) is 9.05. The molecular weight excluding hydrogens is 497 g/mol. The molecule has 3 N–H and O–H groups in total. The normalized spacial score (nSPS) is 14.3. The maximum Gasteiger partial charge on any atom is 0.405 e. The summed E-state index contributed by atoms with van der Waals surface area (Å²) in [4.78, 5) is 30.2. The summed E-state index contributed by atoms with van der Waals surface area (Å²) in [6.07, 6.45) is -0.869. The first-order valence-corrected chi connectivity index (χ1v) is 12.0. The molecule has 1 fully saturated rings. The molecule has 0 radical (unpaired) electrons. The summed E-state index contributed by atoms with van der Waals surface area (Å²) >= 11 is 0. The highest BCUT2D eigenvalue weighted by Crippen LogP contribution is 2.27. The van der Waals surface area contributed by atoms with Crippen LogP contribution in [0.4, 0.5) is 23.7 Å². The number of aromatic nitrogens is 2. The van der Waals surface area contributed by atoms with Crippen LogP contribution >= 0.6 is 0 Å². The number of rotatable bonds is 6. The number of nitrogens with zero attached hydrogens (tertiary/aromatic N) is 3. The van der Waals surface area contributed by atoms with Gasteiger partial charge in [-0.25, -0.2) is 9.78 Å². The van der Waals surface area contributed by atoms with Gasteiger partial charge in [-0.1, -0.05) is 30.3 Å². The molecule has 0 aliphatic carbocycles. The molecule has 0 saturated carbocycles. The van der Waals surface area contributed by atoms with Gasteiger partial charge in [0.1, 0.15) is 12.2 Å². The van der Waals surface area contributed by atoms with Gasteiger partial charge in [-0.2, -0.15) is 13.2 Å². The van der Waals surface area contributed by atoms with Gasteiger partial charge in [-0.15, -0.1) is 0 Å². The van der Waals surface area contributed by atoms with Gasteiger partial charge in [0.15, 0.2) is 0 Å². The van der Waals surface area contributed by atoms with E-state index >= 15 is 0 Å². The van der Waals surface area contributed by atoms with Gasteiger partial charge in [-0.05, 0) is 47.0 Å². The minimum absolute atomic E-state index is 0.0407. The van der Waals surface area contributed by atoms with E-state index in [4.69, 9.17) is 0 Å². The molecule has 5 rings (SSSR count). The summed E-state index contributed by atoms with van der Waals surface area (Å²) in [5.41, 5.74) is 5.73. The van der Waals surface area contributed by atoms with E-state index in [0.29, 0.717) is 25.3 Å². The van der Waals surface area contributed by atoms with Crippen molar-refractivity contribution in [1.82, 2.24) is 24.9 Å². The Morgan fingerprint density at radius 2 is 1.82 bits per heavy atom. The van der Waals surface area contributed by atoms with Gasteiger partial charge in [0.2, 0.25) is 5.91 Å². The zero-order valence-corrected chi connectivity index (χ0v) is 20.3. The lowest BCUT2D eigenvalue weighted by Crippen LogP contribution is -2.47. The lowest BCUT2D eigenvalue weighted by molar-refractivity contribution is -0.124. The molecule has 0 atom stereocenters. The summed E-state index contributed by atoms with van der Waals surface area (Å²) in [5.74, 6) is 0.0407. The average Bonchev–Trinajstić information content (AvgIpc) is 3.31. The minimum Gasteiger partial charge on any atom is -0.354 e. The summed E-state index contributed by atoms with van der Waals surface area (Å²) in [7, 11) is 0. The van der Waals surface area contributed by atoms with Gasteiger partial charge in [-0.3, -0.25) is 14.1 Å². The standard InChI is InChI=1S/C27H25F3N6O2/c28-27(29,30)17-33-26(38)34-22-6-2-5-21(12-22)23-14-32-24-13-20(7-9-36(23)24)19-4-1-3-18(11-19)15-35-10-8-31-25(37)16-35/h1-7,9,11-14H,8,10,15-17H2,(H,31,37)(H2,33,34,38). The van der Waals surface area contributed by atoms with Crippen molar-refractivity contribution >= 4 is 23.3 Å². The maximum absolute atomic E-state index is 12.4. The van der Waals surface area contributed by atoms with E-state index in [1.54, 1.807) is 29.7 Å². The SMILES string of the molecule is O=C1CN(Cc2cccc(-c3ccn4c(-c5cccc(NC(=O)NCC(F)(F)F)c5)cnc4c3)c2)CCN1. The number of urea groups is 1. The van der Waals surface area contributed by atoms with Crippen LogP contribution in [0.5, 0.6) is 0 Å². The van der Waals surface area contributed by atoms with Crippen molar-refractivity contribution in [3.63, 3.8) is 0 Å². The van der Waals surface area contributed by atoms with Crippen LogP contribution in [-0.4, -0.2) is 58.6 Å². The van der Waals surface area contributed by atoms with Crippen LogP contribution in [0.2, 0.25) is 0 Å². The quantitative estimate of drug-likeness (QED) is 0.353. The average molecular weight is 523 g/mol. The molecule has 4 aromatic rings. The monoisotopic (exact) mass is 522 g/mol. The second kappa shape index (κ2) is 10.5. The zero-order chi connectivity index (χ0) is 26.7. The Labute approximate surface area is 216 Å². The van der Waals surface area contributed by atoms with E-state index in [2.05, 4.69) is 26.6 Å². The predicted octanol–water partition coefficient (Wildman–Crippen LogP) is 4.28. The molecule has 2 aromatic carbocycles. The highest BCUT2D eigenvalue weighted by atomic mass is 19.4. The highest BCUT2D eigenvalue weighted by molar-refractivity contribution is 5.90. The number of hydrogen-bond donors (Lipinski definition) is 3. The number of pyridine rings is 1. The molecule has 0 bridgehead atoms. The third-order valence-corrected chi connectivity index (χ3v) is 6.16. The molecule has 1 aliphatic rings. The zero-order valence-electron chi connectivity index (χ0n) is 20.3. The first-order valence-electron chi connectivity index (χ1n) is 12.0. The van der Waals surface area contributed by atoms with Crippen LogP contribution in [0.1, 0.15) is 5.56 Å². The summed E-state index contributed by atoms with van der Waals surface area (Å²) in [6.45, 7) is 1.14. The van der Waals surface area contributed by atoms with Gasteiger partial charge < -0.3 is 16.0 Å². The van der Waals surface area contributed by atoms with Crippen LogP contribution < -0.4 is 16.0 Å². The number of carbonyl (C=O) groups is 2. The number of benzene rings is 2.